The number of guanidine groups is 1. The molecular formula is C10H12IN3. The number of halogens is 1. The van der Waals surface area contributed by atoms with Crippen LogP contribution < -0.4 is 11.1 Å². The molecule has 0 saturated heterocycles. The quantitative estimate of drug-likeness (QED) is 0.775. The average Bonchev–Trinajstić information content (AvgIpc) is 2.18. The molecule has 0 bridgehead atoms. The van der Waals surface area contributed by atoms with Crippen molar-refractivity contribution in [2.45, 2.75) is 12.5 Å². The average molecular weight is 301 g/mol. The molecule has 3 N–H and O–H groups in total. The van der Waals surface area contributed by atoms with Crippen molar-refractivity contribution in [3.63, 3.8) is 0 Å². The molecule has 0 amide bonds. The Hall–Kier alpha value is -0.780. The summed E-state index contributed by atoms with van der Waals surface area (Å²) in [7, 11) is 0. The van der Waals surface area contributed by atoms with Gasteiger partial charge in [0, 0.05) is 10.1 Å². The summed E-state index contributed by atoms with van der Waals surface area (Å²) in [6.45, 7) is 0.814. The van der Waals surface area contributed by atoms with Crippen molar-refractivity contribution in [1.82, 2.24) is 5.32 Å². The molecule has 1 unspecified atom stereocenters. The van der Waals surface area contributed by atoms with Crippen molar-refractivity contribution in [2.24, 2.45) is 10.7 Å². The molecule has 3 nitrogen and oxygen atoms in total. The van der Waals surface area contributed by atoms with E-state index >= 15 is 0 Å². The lowest BCUT2D eigenvalue weighted by Gasteiger charge is -2.23. The highest BCUT2D eigenvalue weighted by Gasteiger charge is 2.17. The van der Waals surface area contributed by atoms with Crippen molar-refractivity contribution in [3.8, 4) is 0 Å². The summed E-state index contributed by atoms with van der Waals surface area (Å²) < 4.78 is 1.28. The smallest absolute Gasteiger partial charge is 0.189 e. The van der Waals surface area contributed by atoms with E-state index in [2.05, 4.69) is 51.1 Å². The van der Waals surface area contributed by atoms with Crippen LogP contribution in [0.3, 0.4) is 0 Å². The summed E-state index contributed by atoms with van der Waals surface area (Å²) >= 11 is 2.35. The Kier molecular flexibility index (Phi) is 2.90. The van der Waals surface area contributed by atoms with Crippen molar-refractivity contribution < 1.29 is 0 Å². The van der Waals surface area contributed by atoms with Gasteiger partial charge in [-0.2, -0.15) is 0 Å². The Bertz CT molecular complexity index is 362. The van der Waals surface area contributed by atoms with Crippen LogP contribution in [-0.2, 0) is 0 Å². The first-order chi connectivity index (χ1) is 6.77. The van der Waals surface area contributed by atoms with E-state index < -0.39 is 0 Å². The molecule has 1 aliphatic heterocycles. The molecule has 0 spiro atoms. The highest BCUT2D eigenvalue weighted by atomic mass is 127. The van der Waals surface area contributed by atoms with Gasteiger partial charge in [0.2, 0.25) is 0 Å². The van der Waals surface area contributed by atoms with E-state index in [1.165, 1.54) is 9.13 Å². The van der Waals surface area contributed by atoms with Gasteiger partial charge in [-0.15, -0.1) is 0 Å². The second-order valence-corrected chi connectivity index (χ2v) is 4.44. The van der Waals surface area contributed by atoms with Gasteiger partial charge in [-0.1, -0.05) is 18.2 Å². The van der Waals surface area contributed by atoms with Gasteiger partial charge >= 0.3 is 0 Å². The van der Waals surface area contributed by atoms with Crippen LogP contribution in [0.1, 0.15) is 18.0 Å². The number of hydrogen-bond donors (Lipinski definition) is 2. The number of hydrogen-bond acceptors (Lipinski definition) is 3. The van der Waals surface area contributed by atoms with Gasteiger partial charge in [0.15, 0.2) is 5.96 Å². The monoisotopic (exact) mass is 301 g/mol. The molecule has 1 heterocycles. The number of nitrogens with zero attached hydrogens (tertiary/aromatic N) is 1. The zero-order valence-corrected chi connectivity index (χ0v) is 9.86. The highest BCUT2D eigenvalue weighted by molar-refractivity contribution is 14.1. The molecule has 0 aliphatic carbocycles. The van der Waals surface area contributed by atoms with Crippen LogP contribution in [-0.4, -0.2) is 12.5 Å². The summed E-state index contributed by atoms with van der Waals surface area (Å²) in [5.41, 5.74) is 6.96. The molecule has 1 aromatic carbocycles. The number of benzene rings is 1. The molecule has 74 valence electrons. The predicted molar refractivity (Wildman–Crippen MR) is 66.1 cm³/mol. The topological polar surface area (TPSA) is 50.4 Å². The van der Waals surface area contributed by atoms with Gasteiger partial charge in [0.25, 0.3) is 0 Å². The van der Waals surface area contributed by atoms with Gasteiger partial charge in [-0.05, 0) is 40.6 Å². The standard InChI is InChI=1S/C10H12IN3/c11-8-4-2-1-3-7(8)9-5-6-13-10(12)14-9/h1-4,9H,5-6H2,(H3,12,13,14). The first kappa shape index (κ1) is 9.76. The fourth-order valence-corrected chi connectivity index (χ4v) is 2.36. The van der Waals surface area contributed by atoms with Crippen molar-refractivity contribution in [2.75, 3.05) is 6.54 Å². The number of aliphatic imine (C=N–C) groups is 1. The maximum absolute atomic E-state index is 5.65. The Morgan fingerprint density at radius 1 is 1.43 bits per heavy atom. The van der Waals surface area contributed by atoms with Crippen LogP contribution >= 0.6 is 22.6 Å². The number of rotatable bonds is 1. The summed E-state index contributed by atoms with van der Waals surface area (Å²) in [5, 5.41) is 3.20. The van der Waals surface area contributed by atoms with Crippen LogP contribution in [0, 0.1) is 3.57 Å². The van der Waals surface area contributed by atoms with E-state index in [1.807, 2.05) is 6.07 Å². The molecule has 1 atom stereocenters. The minimum absolute atomic E-state index is 0.320. The molecule has 4 heteroatoms. The van der Waals surface area contributed by atoms with Crippen LogP contribution in [0.4, 0.5) is 0 Å². The lowest BCUT2D eigenvalue weighted by atomic mass is 10.0. The molecule has 0 aromatic heterocycles. The zero-order valence-electron chi connectivity index (χ0n) is 7.70. The third-order valence-corrected chi connectivity index (χ3v) is 3.29. The minimum Gasteiger partial charge on any atom is -0.370 e. The third kappa shape index (κ3) is 2.00. The van der Waals surface area contributed by atoms with Crippen LogP contribution in [0.25, 0.3) is 0 Å². The van der Waals surface area contributed by atoms with Gasteiger partial charge in [-0.25, -0.2) is 0 Å². The van der Waals surface area contributed by atoms with Crippen LogP contribution in [0.15, 0.2) is 29.3 Å². The minimum atomic E-state index is 0.320. The first-order valence-corrected chi connectivity index (χ1v) is 5.66. The third-order valence-electron chi connectivity index (χ3n) is 2.30. The molecule has 1 aliphatic rings. The molecule has 2 rings (SSSR count). The molecular weight excluding hydrogens is 289 g/mol. The fraction of sp³-hybridized carbons (Fsp3) is 0.300. The maximum atomic E-state index is 5.65. The predicted octanol–water partition coefficient (Wildman–Crippen LogP) is 1.64. The Morgan fingerprint density at radius 2 is 2.21 bits per heavy atom. The summed E-state index contributed by atoms with van der Waals surface area (Å²) in [5.74, 6) is 0.556. The number of nitrogens with one attached hydrogen (secondary N) is 1. The van der Waals surface area contributed by atoms with Crippen molar-refractivity contribution >= 4 is 28.6 Å². The first-order valence-electron chi connectivity index (χ1n) is 4.58. The van der Waals surface area contributed by atoms with Crippen molar-refractivity contribution in [3.05, 3.63) is 33.4 Å². The van der Waals surface area contributed by atoms with E-state index in [0.717, 1.165) is 13.0 Å². The zero-order chi connectivity index (χ0) is 9.97. The van der Waals surface area contributed by atoms with E-state index in [4.69, 9.17) is 5.73 Å². The van der Waals surface area contributed by atoms with Gasteiger partial charge in [0.1, 0.15) is 0 Å². The second kappa shape index (κ2) is 4.16. The van der Waals surface area contributed by atoms with Crippen LogP contribution in [0.5, 0.6) is 0 Å². The largest absolute Gasteiger partial charge is 0.370 e. The van der Waals surface area contributed by atoms with E-state index in [0.29, 0.717) is 12.0 Å². The fourth-order valence-electron chi connectivity index (χ4n) is 1.60. The summed E-state index contributed by atoms with van der Waals surface area (Å²) in [6.07, 6.45) is 1.01. The van der Waals surface area contributed by atoms with E-state index in [-0.39, 0.29) is 0 Å². The maximum Gasteiger partial charge on any atom is 0.189 e. The van der Waals surface area contributed by atoms with E-state index in [1.54, 1.807) is 0 Å². The van der Waals surface area contributed by atoms with Crippen molar-refractivity contribution in [1.29, 1.82) is 0 Å². The second-order valence-electron chi connectivity index (χ2n) is 3.27. The SMILES string of the molecule is NC1=NCCC(c2ccccc2I)N1. The van der Waals surface area contributed by atoms with E-state index in [9.17, 15) is 0 Å². The molecule has 0 saturated carbocycles. The molecule has 0 fully saturated rings. The lowest BCUT2D eigenvalue weighted by Crippen LogP contribution is -2.38. The highest BCUT2D eigenvalue weighted by Crippen LogP contribution is 2.23. The summed E-state index contributed by atoms with van der Waals surface area (Å²) in [4.78, 5) is 4.12. The van der Waals surface area contributed by atoms with Gasteiger partial charge in [0.05, 0.1) is 6.04 Å². The lowest BCUT2D eigenvalue weighted by molar-refractivity contribution is 0.566. The Balaban J connectivity index is 2.24. The number of nitrogens with two attached hydrogens (primary N) is 1. The van der Waals surface area contributed by atoms with Gasteiger partial charge < -0.3 is 11.1 Å². The molecule has 14 heavy (non-hydrogen) atoms. The Morgan fingerprint density at radius 3 is 2.93 bits per heavy atom. The Labute approximate surface area is 96.9 Å². The van der Waals surface area contributed by atoms with Gasteiger partial charge in [-0.3, -0.25) is 4.99 Å². The normalized spacial score (nSPS) is 21.2. The molecule has 1 aromatic rings. The molecule has 0 radical (unpaired) electrons. The van der Waals surface area contributed by atoms with Crippen LogP contribution in [0.2, 0.25) is 0 Å². The summed E-state index contributed by atoms with van der Waals surface area (Å²) in [6, 6.07) is 8.67.